The molecular weight excluding hydrogens is 611 g/mol. The van der Waals surface area contributed by atoms with Crippen LogP contribution in [0.2, 0.25) is 0 Å². The lowest BCUT2D eigenvalue weighted by Gasteiger charge is -2.43. The Morgan fingerprint density at radius 3 is 2.38 bits per heavy atom. The number of hydrogen-bond donors (Lipinski definition) is 1. The molecule has 45 heavy (non-hydrogen) atoms. The molecule has 3 saturated heterocycles. The highest BCUT2D eigenvalue weighted by Gasteiger charge is 2.34. The van der Waals surface area contributed by atoms with Crippen molar-refractivity contribution in [2.45, 2.75) is 82.3 Å². The van der Waals surface area contributed by atoms with Crippen molar-refractivity contribution < 1.29 is 31.1 Å². The number of hydrogen-bond acceptors (Lipinski definition) is 9. The number of halogens is 3. The topological polar surface area (TPSA) is 121 Å². The lowest BCUT2D eigenvalue weighted by Crippen LogP contribution is -2.52. The van der Waals surface area contributed by atoms with Gasteiger partial charge in [0.2, 0.25) is 10.0 Å². The average molecular weight is 654 g/mol. The quantitative estimate of drug-likeness (QED) is 0.453. The van der Waals surface area contributed by atoms with Gasteiger partial charge in [-0.25, -0.2) is 22.7 Å². The fraction of sp³-hybridized carbons (Fsp3) is 0.667. The summed E-state index contributed by atoms with van der Waals surface area (Å²) < 4.78 is 70.2. The first-order valence-corrected chi connectivity index (χ1v) is 17.4. The molecule has 3 aliphatic heterocycles. The first kappa shape index (κ1) is 33.5. The van der Waals surface area contributed by atoms with Crippen molar-refractivity contribution in [1.82, 2.24) is 29.1 Å². The highest BCUT2D eigenvalue weighted by molar-refractivity contribution is 7.88. The highest BCUT2D eigenvalue weighted by atomic mass is 32.2. The minimum absolute atomic E-state index is 0.0314. The molecule has 3 aliphatic rings. The van der Waals surface area contributed by atoms with Gasteiger partial charge in [-0.1, -0.05) is 6.07 Å². The summed E-state index contributed by atoms with van der Waals surface area (Å²) in [5, 5.41) is 3.29. The highest BCUT2D eigenvalue weighted by Crippen LogP contribution is 2.33. The van der Waals surface area contributed by atoms with Gasteiger partial charge in [-0.15, -0.1) is 0 Å². The third-order valence-corrected chi connectivity index (χ3v) is 10.7. The molecule has 1 amide bonds. The average Bonchev–Trinajstić information content (AvgIpc) is 3.03. The minimum atomic E-state index is -4.48. The lowest BCUT2D eigenvalue weighted by molar-refractivity contribution is -0.141. The van der Waals surface area contributed by atoms with Crippen molar-refractivity contribution in [1.29, 1.82) is 0 Å². The van der Waals surface area contributed by atoms with Gasteiger partial charge in [0.15, 0.2) is 0 Å². The fourth-order valence-electron chi connectivity index (χ4n) is 6.58. The van der Waals surface area contributed by atoms with Crippen molar-refractivity contribution in [3.63, 3.8) is 0 Å². The molecule has 248 valence electrons. The number of amides is 1. The van der Waals surface area contributed by atoms with Crippen LogP contribution in [-0.4, -0.2) is 108 Å². The number of carbonyl (C=O) groups is 1. The molecule has 0 spiro atoms. The smallest absolute Gasteiger partial charge is 0.368 e. The molecule has 0 aliphatic carbocycles. The van der Waals surface area contributed by atoms with Gasteiger partial charge in [-0.05, 0) is 76.6 Å². The van der Waals surface area contributed by atoms with Crippen molar-refractivity contribution in [2.75, 3.05) is 51.3 Å². The van der Waals surface area contributed by atoms with Gasteiger partial charge in [0.05, 0.1) is 18.5 Å². The summed E-state index contributed by atoms with van der Waals surface area (Å²) in [6.07, 6.45) is 4.50. The van der Waals surface area contributed by atoms with E-state index in [1.54, 1.807) is 7.05 Å². The lowest BCUT2D eigenvalue weighted by atomic mass is 9.97. The molecule has 0 saturated carbocycles. The number of rotatable bonds is 8. The molecule has 5 heterocycles. The number of carbonyl (C=O) groups excluding carboxylic acids is 1. The van der Waals surface area contributed by atoms with E-state index in [0.29, 0.717) is 54.7 Å². The van der Waals surface area contributed by atoms with Crippen LogP contribution in [0.4, 0.5) is 19.0 Å². The first-order chi connectivity index (χ1) is 21.3. The molecule has 0 bridgehead atoms. The molecule has 2 aromatic rings. The van der Waals surface area contributed by atoms with E-state index < -0.39 is 21.9 Å². The number of ether oxygens (including phenoxy) is 1. The maximum atomic E-state index is 13.5. The van der Waals surface area contributed by atoms with Gasteiger partial charge in [0, 0.05) is 50.5 Å². The van der Waals surface area contributed by atoms with E-state index >= 15 is 0 Å². The largest absolute Gasteiger partial charge is 0.433 e. The van der Waals surface area contributed by atoms with Crippen molar-refractivity contribution in [2.24, 2.45) is 0 Å². The molecule has 2 aromatic heterocycles. The molecule has 0 aromatic carbocycles. The molecular formula is C30H42F3N7O4S. The van der Waals surface area contributed by atoms with Gasteiger partial charge in [0.25, 0.3) is 5.91 Å². The number of sulfonamides is 1. The maximum Gasteiger partial charge on any atom is 0.433 e. The molecule has 0 unspecified atom stereocenters. The van der Waals surface area contributed by atoms with Crippen LogP contribution < -0.4 is 5.32 Å². The van der Waals surface area contributed by atoms with Crippen molar-refractivity contribution in [3.8, 4) is 0 Å². The van der Waals surface area contributed by atoms with Gasteiger partial charge in [-0.2, -0.15) is 13.2 Å². The second-order valence-electron chi connectivity index (χ2n) is 12.3. The zero-order valence-corrected chi connectivity index (χ0v) is 26.8. The second kappa shape index (κ2) is 13.9. The second-order valence-corrected chi connectivity index (χ2v) is 14.3. The van der Waals surface area contributed by atoms with Crippen LogP contribution in [0.25, 0.3) is 0 Å². The van der Waals surface area contributed by atoms with E-state index in [2.05, 4.69) is 25.2 Å². The third-order valence-electron chi connectivity index (χ3n) is 9.39. The molecule has 11 nitrogen and oxygen atoms in total. The van der Waals surface area contributed by atoms with Gasteiger partial charge >= 0.3 is 6.18 Å². The molecule has 1 N–H and O–H groups in total. The summed E-state index contributed by atoms with van der Waals surface area (Å²) in [4.78, 5) is 30.0. The number of aromatic nitrogens is 3. The SMILES string of the molecule is Cc1c(NC[C@H]2CCC[C@@H](c3ccc(C(F)(F)F)nc3)O2)ncnc1C(=O)N1CCC(N2CCC(N(C)S(C)(=O)=O)CC2)CC1. The Hall–Kier alpha value is -2.88. The number of anilines is 1. The van der Waals surface area contributed by atoms with Gasteiger partial charge < -0.3 is 19.9 Å². The van der Waals surface area contributed by atoms with Crippen LogP contribution in [0.1, 0.15) is 78.4 Å². The van der Waals surface area contributed by atoms with Crippen LogP contribution in [0.5, 0.6) is 0 Å². The molecule has 5 rings (SSSR count). The Morgan fingerprint density at radius 2 is 1.76 bits per heavy atom. The van der Waals surface area contributed by atoms with Crippen molar-refractivity contribution >= 4 is 21.7 Å². The normalized spacial score (nSPS) is 23.0. The predicted molar refractivity (Wildman–Crippen MR) is 162 cm³/mol. The Bertz CT molecular complexity index is 1430. The standard InChI is InChI=1S/C30H42F3N7O4S/c1-20-27(29(41)40-15-11-23(12-16-40)39-13-9-22(10-14-39)38(2)45(3,42)43)36-19-37-28(20)35-18-24-5-4-6-25(44-24)21-7-8-26(34-17-21)30(31,32)33/h7-8,17,19,22-25H,4-6,9-16,18H2,1-3H3,(H,35,36,37)/t24-,25+/m1/s1. The number of piperidine rings is 2. The van der Waals surface area contributed by atoms with E-state index in [1.165, 1.54) is 29.2 Å². The Balaban J connectivity index is 1.11. The zero-order chi connectivity index (χ0) is 32.4. The van der Waals surface area contributed by atoms with E-state index in [4.69, 9.17) is 4.74 Å². The molecule has 0 radical (unpaired) electrons. The summed E-state index contributed by atoms with van der Waals surface area (Å²) in [5.74, 6) is 0.417. The Labute approximate surface area is 262 Å². The molecule has 3 fully saturated rings. The van der Waals surface area contributed by atoms with Crippen LogP contribution in [-0.2, 0) is 20.9 Å². The Kier molecular flexibility index (Phi) is 10.3. The molecule has 2 atom stereocenters. The zero-order valence-electron chi connectivity index (χ0n) is 26.0. The number of nitrogens with one attached hydrogen (secondary N) is 1. The number of likely N-dealkylation sites (tertiary alicyclic amines) is 2. The monoisotopic (exact) mass is 653 g/mol. The van der Waals surface area contributed by atoms with Crippen LogP contribution in [0, 0.1) is 6.92 Å². The van der Waals surface area contributed by atoms with Crippen molar-refractivity contribution in [3.05, 3.63) is 47.2 Å². The predicted octanol–water partition coefficient (Wildman–Crippen LogP) is 3.88. The first-order valence-electron chi connectivity index (χ1n) is 15.5. The summed E-state index contributed by atoms with van der Waals surface area (Å²) >= 11 is 0. The van der Waals surface area contributed by atoms with E-state index in [-0.39, 0.29) is 24.2 Å². The third kappa shape index (κ3) is 8.10. The minimum Gasteiger partial charge on any atom is -0.368 e. The van der Waals surface area contributed by atoms with Crippen LogP contribution in [0.15, 0.2) is 24.7 Å². The van der Waals surface area contributed by atoms with Crippen LogP contribution >= 0.6 is 0 Å². The number of pyridine rings is 1. The van der Waals surface area contributed by atoms with Crippen LogP contribution in [0.3, 0.4) is 0 Å². The van der Waals surface area contributed by atoms with E-state index in [1.807, 2.05) is 11.8 Å². The van der Waals surface area contributed by atoms with Gasteiger partial charge in [0.1, 0.15) is 23.5 Å². The maximum absolute atomic E-state index is 13.5. The summed E-state index contributed by atoms with van der Waals surface area (Å²) in [7, 11) is -1.55. The van der Waals surface area contributed by atoms with Gasteiger partial charge in [-0.3, -0.25) is 9.78 Å². The summed E-state index contributed by atoms with van der Waals surface area (Å²) in [6.45, 7) is 5.17. The Morgan fingerprint density at radius 1 is 1.04 bits per heavy atom. The number of alkyl halides is 3. The number of nitrogens with zero attached hydrogens (tertiary/aromatic N) is 6. The molecule has 15 heteroatoms. The summed E-state index contributed by atoms with van der Waals surface area (Å²) in [5.41, 5.74) is 0.701. The van der Waals surface area contributed by atoms with E-state index in [9.17, 15) is 26.4 Å². The summed E-state index contributed by atoms with van der Waals surface area (Å²) in [6, 6.07) is 2.80. The van der Waals surface area contributed by atoms with E-state index in [0.717, 1.165) is 57.7 Å². The fourth-order valence-corrected chi connectivity index (χ4v) is 7.33.